The van der Waals surface area contributed by atoms with Crippen LogP contribution in [0.2, 0.25) is 0 Å². The number of piperazine rings is 1. The fourth-order valence-electron chi connectivity index (χ4n) is 1.89. The minimum atomic E-state index is -0.928. The standard InChI is InChI=1S/C13H19FN2O/c1-11(14)10-17-13-4-2-12(3-5-13)16-8-6-15-7-9-16/h2-5,11,15H,6-10H2,1H3. The number of hydrogen-bond acceptors (Lipinski definition) is 3. The highest BCUT2D eigenvalue weighted by atomic mass is 19.1. The molecule has 2 rings (SSSR count). The van der Waals surface area contributed by atoms with Crippen LogP contribution in [0.3, 0.4) is 0 Å². The largest absolute Gasteiger partial charge is 0.491 e. The Hall–Kier alpha value is -1.29. The molecule has 1 N–H and O–H groups in total. The van der Waals surface area contributed by atoms with E-state index < -0.39 is 6.17 Å². The van der Waals surface area contributed by atoms with Gasteiger partial charge in [0, 0.05) is 31.9 Å². The minimum absolute atomic E-state index is 0.118. The van der Waals surface area contributed by atoms with Crippen LogP contribution in [-0.2, 0) is 0 Å². The molecule has 1 heterocycles. The van der Waals surface area contributed by atoms with Gasteiger partial charge in [0.2, 0.25) is 0 Å². The van der Waals surface area contributed by atoms with E-state index in [-0.39, 0.29) is 6.61 Å². The molecule has 1 atom stereocenters. The normalized spacial score (nSPS) is 17.9. The second-order valence-electron chi connectivity index (χ2n) is 4.32. The molecule has 1 aromatic rings. The van der Waals surface area contributed by atoms with Gasteiger partial charge in [-0.3, -0.25) is 0 Å². The van der Waals surface area contributed by atoms with Crippen LogP contribution < -0.4 is 15.0 Å². The highest BCUT2D eigenvalue weighted by molar-refractivity contribution is 5.49. The van der Waals surface area contributed by atoms with Crippen LogP contribution >= 0.6 is 0 Å². The first-order valence-electron chi connectivity index (χ1n) is 6.08. The zero-order valence-corrected chi connectivity index (χ0v) is 10.2. The molecule has 1 saturated heterocycles. The number of nitrogens with one attached hydrogen (secondary N) is 1. The van der Waals surface area contributed by atoms with Crippen molar-refractivity contribution in [1.82, 2.24) is 5.32 Å². The van der Waals surface area contributed by atoms with Crippen molar-refractivity contribution in [2.75, 3.05) is 37.7 Å². The lowest BCUT2D eigenvalue weighted by Crippen LogP contribution is -2.43. The van der Waals surface area contributed by atoms with E-state index in [4.69, 9.17) is 4.74 Å². The zero-order chi connectivity index (χ0) is 12.1. The number of nitrogens with zero attached hydrogens (tertiary/aromatic N) is 1. The second-order valence-corrected chi connectivity index (χ2v) is 4.32. The third-order valence-corrected chi connectivity index (χ3v) is 2.80. The molecule has 0 amide bonds. The first-order valence-corrected chi connectivity index (χ1v) is 6.08. The van der Waals surface area contributed by atoms with Crippen molar-refractivity contribution in [3.63, 3.8) is 0 Å². The summed E-state index contributed by atoms with van der Waals surface area (Å²) in [5, 5.41) is 3.32. The molecule has 94 valence electrons. The zero-order valence-electron chi connectivity index (χ0n) is 10.2. The molecule has 1 unspecified atom stereocenters. The van der Waals surface area contributed by atoms with Gasteiger partial charge in [-0.25, -0.2) is 4.39 Å². The number of alkyl halides is 1. The fourth-order valence-corrected chi connectivity index (χ4v) is 1.89. The summed E-state index contributed by atoms with van der Waals surface area (Å²) in [6, 6.07) is 7.87. The Morgan fingerprint density at radius 1 is 1.29 bits per heavy atom. The molecule has 0 spiro atoms. The molecular formula is C13H19FN2O. The Morgan fingerprint density at radius 2 is 1.94 bits per heavy atom. The molecule has 17 heavy (non-hydrogen) atoms. The molecule has 0 bridgehead atoms. The maximum absolute atomic E-state index is 12.6. The summed E-state index contributed by atoms with van der Waals surface area (Å²) in [4.78, 5) is 2.33. The molecule has 1 aliphatic rings. The van der Waals surface area contributed by atoms with Gasteiger partial charge in [0.05, 0.1) is 0 Å². The van der Waals surface area contributed by atoms with E-state index in [2.05, 4.69) is 10.2 Å². The smallest absolute Gasteiger partial charge is 0.131 e. The lowest BCUT2D eigenvalue weighted by molar-refractivity contribution is 0.210. The van der Waals surface area contributed by atoms with E-state index in [0.717, 1.165) is 31.9 Å². The maximum atomic E-state index is 12.6. The average molecular weight is 238 g/mol. The van der Waals surface area contributed by atoms with Crippen LogP contribution in [-0.4, -0.2) is 39.0 Å². The first kappa shape index (κ1) is 12.2. The lowest BCUT2D eigenvalue weighted by Gasteiger charge is -2.29. The van der Waals surface area contributed by atoms with Gasteiger partial charge in [-0.2, -0.15) is 0 Å². The third kappa shape index (κ3) is 3.60. The average Bonchev–Trinajstić information content (AvgIpc) is 2.38. The second kappa shape index (κ2) is 5.87. The molecule has 0 radical (unpaired) electrons. The minimum Gasteiger partial charge on any atom is -0.491 e. The Labute approximate surface area is 102 Å². The van der Waals surface area contributed by atoms with Crippen molar-refractivity contribution in [3.8, 4) is 5.75 Å². The van der Waals surface area contributed by atoms with E-state index in [0.29, 0.717) is 0 Å². The molecule has 0 saturated carbocycles. The highest BCUT2D eigenvalue weighted by Gasteiger charge is 2.10. The third-order valence-electron chi connectivity index (χ3n) is 2.80. The quantitative estimate of drug-likeness (QED) is 0.866. The maximum Gasteiger partial charge on any atom is 0.131 e. The van der Waals surface area contributed by atoms with Crippen LogP contribution in [0.15, 0.2) is 24.3 Å². The van der Waals surface area contributed by atoms with E-state index in [1.807, 2.05) is 24.3 Å². The van der Waals surface area contributed by atoms with Gasteiger partial charge in [0.25, 0.3) is 0 Å². The molecular weight excluding hydrogens is 219 g/mol. The molecule has 0 aromatic heterocycles. The van der Waals surface area contributed by atoms with Crippen LogP contribution in [0, 0.1) is 0 Å². The van der Waals surface area contributed by atoms with E-state index >= 15 is 0 Å². The molecule has 0 aliphatic carbocycles. The first-order chi connectivity index (χ1) is 8.25. The lowest BCUT2D eigenvalue weighted by atomic mass is 10.2. The number of benzene rings is 1. The Bertz CT molecular complexity index is 334. The number of anilines is 1. The van der Waals surface area contributed by atoms with Gasteiger partial charge in [0.1, 0.15) is 18.5 Å². The van der Waals surface area contributed by atoms with E-state index in [1.54, 1.807) is 0 Å². The van der Waals surface area contributed by atoms with Crippen molar-refractivity contribution < 1.29 is 9.13 Å². The topological polar surface area (TPSA) is 24.5 Å². The Morgan fingerprint density at radius 3 is 2.53 bits per heavy atom. The summed E-state index contributed by atoms with van der Waals surface area (Å²) < 4.78 is 17.9. The SMILES string of the molecule is CC(F)COc1ccc(N2CCNCC2)cc1. The summed E-state index contributed by atoms with van der Waals surface area (Å²) in [6.45, 7) is 5.72. The summed E-state index contributed by atoms with van der Waals surface area (Å²) in [7, 11) is 0. The van der Waals surface area contributed by atoms with Crippen molar-refractivity contribution in [1.29, 1.82) is 0 Å². The Kier molecular flexibility index (Phi) is 4.20. The van der Waals surface area contributed by atoms with Crippen molar-refractivity contribution in [2.45, 2.75) is 13.1 Å². The van der Waals surface area contributed by atoms with Crippen LogP contribution in [0.4, 0.5) is 10.1 Å². The molecule has 1 aromatic carbocycles. The van der Waals surface area contributed by atoms with E-state index in [1.165, 1.54) is 12.6 Å². The molecule has 4 heteroatoms. The Balaban J connectivity index is 1.92. The summed E-state index contributed by atoms with van der Waals surface area (Å²) >= 11 is 0. The van der Waals surface area contributed by atoms with Gasteiger partial charge in [-0.05, 0) is 31.2 Å². The summed E-state index contributed by atoms with van der Waals surface area (Å²) in [5.74, 6) is 0.730. The number of hydrogen-bond donors (Lipinski definition) is 1. The predicted octanol–water partition coefficient (Wildman–Crippen LogP) is 1.83. The monoisotopic (exact) mass is 238 g/mol. The van der Waals surface area contributed by atoms with Gasteiger partial charge in [-0.15, -0.1) is 0 Å². The van der Waals surface area contributed by atoms with Crippen molar-refractivity contribution in [3.05, 3.63) is 24.3 Å². The van der Waals surface area contributed by atoms with E-state index in [9.17, 15) is 4.39 Å². The van der Waals surface area contributed by atoms with Gasteiger partial charge >= 0.3 is 0 Å². The van der Waals surface area contributed by atoms with Crippen molar-refractivity contribution >= 4 is 5.69 Å². The summed E-state index contributed by atoms with van der Waals surface area (Å²) in [6.07, 6.45) is -0.928. The van der Waals surface area contributed by atoms with Crippen molar-refractivity contribution in [2.24, 2.45) is 0 Å². The van der Waals surface area contributed by atoms with Crippen LogP contribution in [0.25, 0.3) is 0 Å². The number of halogens is 1. The number of rotatable bonds is 4. The fraction of sp³-hybridized carbons (Fsp3) is 0.538. The van der Waals surface area contributed by atoms with Gasteiger partial charge in [-0.1, -0.05) is 0 Å². The predicted molar refractivity (Wildman–Crippen MR) is 67.6 cm³/mol. The van der Waals surface area contributed by atoms with Gasteiger partial charge < -0.3 is 15.0 Å². The van der Waals surface area contributed by atoms with Gasteiger partial charge in [0.15, 0.2) is 0 Å². The molecule has 1 aliphatic heterocycles. The number of ether oxygens (including phenoxy) is 1. The molecule has 3 nitrogen and oxygen atoms in total. The van der Waals surface area contributed by atoms with Crippen LogP contribution in [0.1, 0.15) is 6.92 Å². The summed E-state index contributed by atoms with van der Waals surface area (Å²) in [5.41, 5.74) is 1.20. The molecule has 1 fully saturated rings. The highest BCUT2D eigenvalue weighted by Crippen LogP contribution is 2.19. The van der Waals surface area contributed by atoms with Crippen LogP contribution in [0.5, 0.6) is 5.75 Å².